The first-order valence-corrected chi connectivity index (χ1v) is 10.4. The molecule has 1 aliphatic rings. The number of aliphatic hydroxyl groups is 1. The summed E-state index contributed by atoms with van der Waals surface area (Å²) in [5.41, 5.74) is 1.11. The van der Waals surface area contributed by atoms with Crippen molar-refractivity contribution in [3.05, 3.63) is 42.0 Å². The Morgan fingerprint density at radius 2 is 1.90 bits per heavy atom. The second-order valence-corrected chi connectivity index (χ2v) is 7.39. The van der Waals surface area contributed by atoms with Crippen molar-refractivity contribution in [2.75, 3.05) is 32.8 Å². The average molecular weight is 416 g/mol. The van der Waals surface area contributed by atoms with Crippen LogP contribution in [-0.2, 0) is 6.61 Å². The van der Waals surface area contributed by atoms with Gasteiger partial charge in [0.15, 0.2) is 0 Å². The molecule has 1 aliphatic heterocycles. The van der Waals surface area contributed by atoms with Crippen LogP contribution in [0.15, 0.2) is 30.6 Å². The van der Waals surface area contributed by atoms with Crippen molar-refractivity contribution in [1.29, 1.82) is 0 Å². The van der Waals surface area contributed by atoms with Gasteiger partial charge in [0, 0.05) is 55.3 Å². The van der Waals surface area contributed by atoms with Gasteiger partial charge in [0.1, 0.15) is 5.82 Å². The molecule has 1 aromatic heterocycles. The lowest BCUT2D eigenvalue weighted by Gasteiger charge is -2.35. The van der Waals surface area contributed by atoms with Crippen LogP contribution in [-0.4, -0.2) is 63.7 Å². The summed E-state index contributed by atoms with van der Waals surface area (Å²) in [7, 11) is 0. The van der Waals surface area contributed by atoms with Gasteiger partial charge >= 0.3 is 12.0 Å². The van der Waals surface area contributed by atoms with Gasteiger partial charge < -0.3 is 19.6 Å². The number of benzene rings is 1. The Bertz CT molecular complexity index is 835. The first-order chi connectivity index (χ1) is 14.6. The molecular weight excluding hydrogens is 387 g/mol. The number of rotatable bonds is 7. The number of amides is 2. The Labute approximate surface area is 176 Å². The molecule has 0 aliphatic carbocycles. The molecule has 2 heterocycles. The number of aliphatic hydroxyl groups excluding tert-OH is 1. The number of aromatic nitrogens is 2. The van der Waals surface area contributed by atoms with E-state index in [9.17, 15) is 14.3 Å². The van der Waals surface area contributed by atoms with Gasteiger partial charge in [-0.1, -0.05) is 18.2 Å². The van der Waals surface area contributed by atoms with Crippen molar-refractivity contribution in [1.82, 2.24) is 19.8 Å². The number of carbonyl (C=O) groups is 1. The molecule has 8 heteroatoms. The predicted molar refractivity (Wildman–Crippen MR) is 111 cm³/mol. The molecular formula is C22H29FN4O3. The third kappa shape index (κ3) is 5.05. The number of urea groups is 1. The molecule has 7 nitrogen and oxygen atoms in total. The van der Waals surface area contributed by atoms with Crippen LogP contribution in [0.3, 0.4) is 0 Å². The second-order valence-electron chi connectivity index (χ2n) is 7.39. The average Bonchev–Trinajstić information content (AvgIpc) is 2.79. The molecule has 162 valence electrons. The molecule has 0 radical (unpaired) electrons. The summed E-state index contributed by atoms with van der Waals surface area (Å²) in [6, 6.07) is 5.21. The van der Waals surface area contributed by atoms with E-state index >= 15 is 0 Å². The first-order valence-electron chi connectivity index (χ1n) is 10.4. The van der Waals surface area contributed by atoms with Gasteiger partial charge in [-0.25, -0.2) is 19.2 Å². The number of ether oxygens (including phenoxy) is 1. The molecule has 0 spiro atoms. The Morgan fingerprint density at radius 1 is 1.23 bits per heavy atom. The van der Waals surface area contributed by atoms with Gasteiger partial charge in [0.05, 0.1) is 13.2 Å². The van der Waals surface area contributed by atoms with Gasteiger partial charge in [-0.15, -0.1) is 0 Å². The summed E-state index contributed by atoms with van der Waals surface area (Å²) in [5.74, 6) is -0.129. The molecule has 0 atom stereocenters. The molecule has 3 rings (SSSR count). The van der Waals surface area contributed by atoms with Crippen LogP contribution in [0.5, 0.6) is 6.01 Å². The third-order valence-corrected chi connectivity index (χ3v) is 5.56. The highest BCUT2D eigenvalue weighted by Gasteiger charge is 2.25. The standard InChI is InChI=1S/C22H29FN4O3/c1-3-26(4-2)22(29)27-10-8-16(9-11-27)15-30-21-24-12-18(13-25-21)19-7-5-6-17(14-28)20(19)23/h5-7,12-13,16,28H,3-4,8-11,14-15H2,1-2H3. The van der Waals surface area contributed by atoms with Crippen molar-refractivity contribution in [2.24, 2.45) is 5.92 Å². The number of hydrogen-bond donors (Lipinski definition) is 1. The monoisotopic (exact) mass is 416 g/mol. The van der Waals surface area contributed by atoms with E-state index in [0.29, 0.717) is 23.7 Å². The first kappa shape index (κ1) is 22.0. The van der Waals surface area contributed by atoms with Crippen LogP contribution >= 0.6 is 0 Å². The van der Waals surface area contributed by atoms with E-state index in [4.69, 9.17) is 4.74 Å². The number of halogens is 1. The maximum absolute atomic E-state index is 14.4. The van der Waals surface area contributed by atoms with E-state index < -0.39 is 5.82 Å². The normalized spacial score (nSPS) is 14.6. The molecule has 30 heavy (non-hydrogen) atoms. The van der Waals surface area contributed by atoms with Crippen molar-refractivity contribution in [3.8, 4) is 17.1 Å². The quantitative estimate of drug-likeness (QED) is 0.749. The predicted octanol–water partition coefficient (Wildman–Crippen LogP) is 3.33. The van der Waals surface area contributed by atoms with Crippen LogP contribution in [0.2, 0.25) is 0 Å². The fraction of sp³-hybridized carbons (Fsp3) is 0.500. The summed E-state index contributed by atoms with van der Waals surface area (Å²) in [4.78, 5) is 24.5. The van der Waals surface area contributed by atoms with Gasteiger partial charge in [-0.2, -0.15) is 0 Å². The van der Waals surface area contributed by atoms with Crippen molar-refractivity contribution in [2.45, 2.75) is 33.3 Å². The highest BCUT2D eigenvalue weighted by Crippen LogP contribution is 2.25. The molecule has 2 aromatic rings. The minimum absolute atomic E-state index is 0.107. The highest BCUT2D eigenvalue weighted by atomic mass is 19.1. The lowest BCUT2D eigenvalue weighted by atomic mass is 9.98. The Hall–Kier alpha value is -2.74. The summed E-state index contributed by atoms with van der Waals surface area (Å²) in [6.45, 7) is 7.01. The molecule has 2 amide bonds. The van der Waals surface area contributed by atoms with Gasteiger partial charge in [0.2, 0.25) is 0 Å². The smallest absolute Gasteiger partial charge is 0.319 e. The molecule has 0 unspecified atom stereocenters. The maximum Gasteiger partial charge on any atom is 0.319 e. The topological polar surface area (TPSA) is 78.8 Å². The van der Waals surface area contributed by atoms with Crippen molar-refractivity contribution < 1.29 is 19.0 Å². The molecule has 1 saturated heterocycles. The van der Waals surface area contributed by atoms with E-state index in [1.807, 2.05) is 23.6 Å². The zero-order chi connectivity index (χ0) is 21.5. The second kappa shape index (κ2) is 10.3. The van der Waals surface area contributed by atoms with Crippen LogP contribution in [0.25, 0.3) is 11.1 Å². The minimum atomic E-state index is -0.469. The number of carbonyl (C=O) groups excluding carboxylic acids is 1. The van der Waals surface area contributed by atoms with Crippen LogP contribution < -0.4 is 4.74 Å². The molecule has 1 fully saturated rings. The van der Waals surface area contributed by atoms with Crippen LogP contribution in [0, 0.1) is 11.7 Å². The number of piperidine rings is 1. The maximum atomic E-state index is 14.4. The molecule has 1 aromatic carbocycles. The largest absolute Gasteiger partial charge is 0.463 e. The van der Waals surface area contributed by atoms with E-state index in [-0.39, 0.29) is 24.2 Å². The number of hydrogen-bond acceptors (Lipinski definition) is 5. The summed E-state index contributed by atoms with van der Waals surface area (Å²) < 4.78 is 20.1. The summed E-state index contributed by atoms with van der Waals surface area (Å²) in [5, 5.41) is 9.21. The SMILES string of the molecule is CCN(CC)C(=O)N1CCC(COc2ncc(-c3cccc(CO)c3F)cn2)CC1. The van der Waals surface area contributed by atoms with Gasteiger partial charge in [-0.05, 0) is 32.6 Å². The fourth-order valence-corrected chi connectivity index (χ4v) is 3.63. The zero-order valence-electron chi connectivity index (χ0n) is 17.6. The molecule has 0 saturated carbocycles. The van der Waals surface area contributed by atoms with Gasteiger partial charge in [0.25, 0.3) is 0 Å². The van der Waals surface area contributed by atoms with Crippen LogP contribution in [0.4, 0.5) is 9.18 Å². The summed E-state index contributed by atoms with van der Waals surface area (Å²) >= 11 is 0. The Kier molecular flexibility index (Phi) is 7.57. The van der Waals surface area contributed by atoms with Crippen molar-refractivity contribution >= 4 is 6.03 Å². The summed E-state index contributed by atoms with van der Waals surface area (Å²) in [6.07, 6.45) is 4.80. The van der Waals surface area contributed by atoms with Crippen molar-refractivity contribution in [3.63, 3.8) is 0 Å². The molecule has 0 bridgehead atoms. The number of likely N-dealkylation sites (tertiary alicyclic amines) is 1. The van der Waals surface area contributed by atoms with Crippen LogP contribution in [0.1, 0.15) is 32.3 Å². The number of nitrogens with zero attached hydrogens (tertiary/aromatic N) is 4. The Balaban J connectivity index is 1.51. The van der Waals surface area contributed by atoms with E-state index in [2.05, 4.69) is 9.97 Å². The highest BCUT2D eigenvalue weighted by molar-refractivity contribution is 5.74. The Morgan fingerprint density at radius 3 is 2.50 bits per heavy atom. The van der Waals surface area contributed by atoms with E-state index in [1.165, 1.54) is 18.5 Å². The minimum Gasteiger partial charge on any atom is -0.463 e. The van der Waals surface area contributed by atoms with Gasteiger partial charge in [-0.3, -0.25) is 0 Å². The lowest BCUT2D eigenvalue weighted by Crippen LogP contribution is -2.47. The lowest BCUT2D eigenvalue weighted by molar-refractivity contribution is 0.119. The van der Waals surface area contributed by atoms with E-state index in [0.717, 1.165) is 39.0 Å². The fourth-order valence-electron chi connectivity index (χ4n) is 3.63. The zero-order valence-corrected chi connectivity index (χ0v) is 17.6. The molecule has 1 N–H and O–H groups in total. The third-order valence-electron chi connectivity index (χ3n) is 5.56. The van der Waals surface area contributed by atoms with E-state index in [1.54, 1.807) is 12.1 Å².